The van der Waals surface area contributed by atoms with Crippen molar-refractivity contribution in [3.63, 3.8) is 0 Å². The summed E-state index contributed by atoms with van der Waals surface area (Å²) in [7, 11) is 1.55. The third kappa shape index (κ3) is 5.80. The molecule has 3 aromatic rings. The molecule has 2 N–H and O–H groups in total. The lowest BCUT2D eigenvalue weighted by Crippen LogP contribution is -2.32. The van der Waals surface area contributed by atoms with E-state index in [9.17, 15) is 19.1 Å². The number of hydrogen-bond donors (Lipinski definition) is 2. The summed E-state index contributed by atoms with van der Waals surface area (Å²) in [4.78, 5) is 29.5. The average molecular weight is 531 g/mol. The van der Waals surface area contributed by atoms with Crippen LogP contribution in [0.3, 0.4) is 0 Å². The molecule has 4 heterocycles. The minimum Gasteiger partial charge on any atom is -0.458 e. The summed E-state index contributed by atoms with van der Waals surface area (Å²) in [6, 6.07) is 4.74. The SMILES string of the molecule is CC.CC.CCCc1c(F)ccc2nc3c(c(C)c12)Cn1c-3cc2c(c1=O)COC(=O)C2O.COCCO. The van der Waals surface area contributed by atoms with E-state index < -0.39 is 12.1 Å². The lowest BCUT2D eigenvalue weighted by atomic mass is 9.95. The Morgan fingerprint density at radius 1 is 1.18 bits per heavy atom. The van der Waals surface area contributed by atoms with Crippen LogP contribution in [-0.2, 0) is 33.8 Å². The van der Waals surface area contributed by atoms with E-state index in [0.717, 1.165) is 22.9 Å². The molecule has 0 spiro atoms. The minimum absolute atomic E-state index is 0.122. The number of halogens is 1. The molecule has 0 aliphatic carbocycles. The molecule has 0 fully saturated rings. The second-order valence-electron chi connectivity index (χ2n) is 8.32. The standard InChI is InChI=1S/C22H19FN2O4.C3H8O2.2C2H6/c1-3-4-11-15(23)5-6-16-18(11)10(2)13-8-25-17(19(13)24-16)7-12-14(21(25)27)9-29-22(28)20(12)26;1-5-3-2-4;2*1-2/h5-7,20,26H,3-4,8-9H2,1-2H3;4H,2-3H2,1H3;2*1-2H3. The maximum absolute atomic E-state index is 14.5. The molecule has 1 aromatic carbocycles. The van der Waals surface area contributed by atoms with Crippen LogP contribution < -0.4 is 5.56 Å². The zero-order valence-electron chi connectivity index (χ0n) is 23.4. The first-order valence-corrected chi connectivity index (χ1v) is 13.2. The fraction of sp³-hybridized carbons (Fsp3) is 0.483. The molecule has 9 heteroatoms. The Hall–Kier alpha value is -3.14. The van der Waals surface area contributed by atoms with Crippen molar-refractivity contribution in [2.75, 3.05) is 20.3 Å². The molecule has 1 atom stereocenters. The van der Waals surface area contributed by atoms with Crippen LogP contribution in [0.1, 0.15) is 75.0 Å². The van der Waals surface area contributed by atoms with Gasteiger partial charge in [-0.25, -0.2) is 14.2 Å². The third-order valence-electron chi connectivity index (χ3n) is 6.25. The van der Waals surface area contributed by atoms with Crippen LogP contribution in [0.5, 0.6) is 0 Å². The van der Waals surface area contributed by atoms with Crippen molar-refractivity contribution in [3.05, 3.63) is 62.2 Å². The molecule has 2 aliphatic heterocycles. The van der Waals surface area contributed by atoms with Crippen molar-refractivity contribution in [1.29, 1.82) is 0 Å². The molecule has 1 unspecified atom stereocenters. The molecular weight excluding hydrogens is 491 g/mol. The van der Waals surface area contributed by atoms with Crippen molar-refractivity contribution >= 4 is 16.9 Å². The van der Waals surface area contributed by atoms with E-state index in [-0.39, 0.29) is 35.7 Å². The highest BCUT2D eigenvalue weighted by molar-refractivity contribution is 5.91. The molecule has 0 amide bonds. The van der Waals surface area contributed by atoms with Gasteiger partial charge in [-0.15, -0.1) is 0 Å². The highest BCUT2D eigenvalue weighted by Crippen LogP contribution is 2.38. The highest BCUT2D eigenvalue weighted by Gasteiger charge is 2.34. The van der Waals surface area contributed by atoms with Gasteiger partial charge < -0.3 is 24.3 Å². The molecule has 5 rings (SSSR count). The number of pyridine rings is 2. The second kappa shape index (κ2) is 14.1. The fourth-order valence-electron chi connectivity index (χ4n) is 4.59. The van der Waals surface area contributed by atoms with Crippen LogP contribution in [0.2, 0.25) is 0 Å². The molecule has 2 aromatic heterocycles. The van der Waals surface area contributed by atoms with Gasteiger partial charge >= 0.3 is 5.97 Å². The van der Waals surface area contributed by atoms with E-state index in [0.29, 0.717) is 42.0 Å². The van der Waals surface area contributed by atoms with E-state index >= 15 is 0 Å². The molecule has 2 aliphatic rings. The minimum atomic E-state index is -1.48. The summed E-state index contributed by atoms with van der Waals surface area (Å²) >= 11 is 0. The lowest BCUT2D eigenvalue weighted by Gasteiger charge is -2.21. The maximum atomic E-state index is 14.5. The number of aliphatic hydroxyl groups is 2. The van der Waals surface area contributed by atoms with Gasteiger partial charge in [0.05, 0.1) is 42.2 Å². The van der Waals surface area contributed by atoms with Gasteiger partial charge in [-0.2, -0.15) is 0 Å². The molecule has 0 saturated heterocycles. The Balaban J connectivity index is 0.000000500. The average Bonchev–Trinajstić information content (AvgIpc) is 3.31. The summed E-state index contributed by atoms with van der Waals surface area (Å²) in [5.41, 5.74) is 4.54. The number of fused-ring (bicyclic) bond motifs is 5. The van der Waals surface area contributed by atoms with Gasteiger partial charge in [0, 0.05) is 23.6 Å². The third-order valence-corrected chi connectivity index (χ3v) is 6.25. The molecule has 0 saturated carbocycles. The van der Waals surface area contributed by atoms with Gasteiger partial charge in [-0.05, 0) is 42.7 Å². The van der Waals surface area contributed by atoms with Crippen LogP contribution in [0.15, 0.2) is 23.0 Å². The Labute approximate surface area is 223 Å². The van der Waals surface area contributed by atoms with Crippen molar-refractivity contribution in [1.82, 2.24) is 9.55 Å². The molecule has 38 heavy (non-hydrogen) atoms. The van der Waals surface area contributed by atoms with E-state index in [1.807, 2.05) is 41.5 Å². The van der Waals surface area contributed by atoms with Crippen molar-refractivity contribution in [2.45, 2.75) is 73.6 Å². The number of benzene rings is 1. The molecule has 8 nitrogen and oxygen atoms in total. The van der Waals surface area contributed by atoms with Gasteiger partial charge in [0.15, 0.2) is 6.10 Å². The van der Waals surface area contributed by atoms with Crippen molar-refractivity contribution in [2.24, 2.45) is 0 Å². The predicted octanol–water partition coefficient (Wildman–Crippen LogP) is 4.59. The summed E-state index contributed by atoms with van der Waals surface area (Å²) in [6.07, 6.45) is -0.0597. The number of methoxy groups -OCH3 is 1. The summed E-state index contributed by atoms with van der Waals surface area (Å²) < 4.78 is 25.4. The molecule has 208 valence electrons. The topological polar surface area (TPSA) is 111 Å². The summed E-state index contributed by atoms with van der Waals surface area (Å²) in [6.45, 7) is 12.7. The van der Waals surface area contributed by atoms with Crippen LogP contribution >= 0.6 is 0 Å². The number of ether oxygens (including phenoxy) is 2. The predicted molar refractivity (Wildman–Crippen MR) is 146 cm³/mol. The van der Waals surface area contributed by atoms with Gasteiger partial charge in [0.1, 0.15) is 12.4 Å². The summed E-state index contributed by atoms with van der Waals surface area (Å²) in [5, 5.41) is 18.9. The molecule has 0 radical (unpaired) electrons. The number of hydrogen-bond acceptors (Lipinski definition) is 7. The van der Waals surface area contributed by atoms with Gasteiger partial charge in [0.25, 0.3) is 5.56 Å². The maximum Gasteiger partial charge on any atom is 0.340 e. The van der Waals surface area contributed by atoms with E-state index in [2.05, 4.69) is 4.74 Å². The van der Waals surface area contributed by atoms with Gasteiger partial charge in [0.2, 0.25) is 0 Å². The monoisotopic (exact) mass is 530 g/mol. The number of aryl methyl sites for hydroxylation is 2. The smallest absolute Gasteiger partial charge is 0.340 e. The molecular formula is C29H39FN2O6. The highest BCUT2D eigenvalue weighted by atomic mass is 19.1. The van der Waals surface area contributed by atoms with Crippen LogP contribution in [-0.4, -0.2) is 46.1 Å². The number of carbonyl (C=O) groups is 1. The number of rotatable bonds is 4. The zero-order valence-corrected chi connectivity index (χ0v) is 23.4. The Bertz CT molecular complexity index is 1330. The van der Waals surface area contributed by atoms with Crippen molar-refractivity contribution < 1.29 is 28.9 Å². The fourth-order valence-corrected chi connectivity index (χ4v) is 4.59. The number of nitrogens with zero attached hydrogens (tertiary/aromatic N) is 2. The van der Waals surface area contributed by atoms with Crippen LogP contribution in [0.25, 0.3) is 22.3 Å². The molecule has 0 bridgehead atoms. The Morgan fingerprint density at radius 3 is 2.45 bits per heavy atom. The quantitative estimate of drug-likeness (QED) is 0.371. The summed E-state index contributed by atoms with van der Waals surface area (Å²) in [5.74, 6) is -1.01. The normalized spacial score (nSPS) is 14.5. The first-order chi connectivity index (χ1) is 18.3. The number of aromatic nitrogens is 2. The Morgan fingerprint density at radius 2 is 1.87 bits per heavy atom. The first kappa shape index (κ1) is 31.1. The van der Waals surface area contributed by atoms with E-state index in [4.69, 9.17) is 14.8 Å². The van der Waals surface area contributed by atoms with E-state index in [1.165, 1.54) is 6.07 Å². The number of cyclic esters (lactones) is 1. The largest absolute Gasteiger partial charge is 0.458 e. The van der Waals surface area contributed by atoms with Gasteiger partial charge in [-0.1, -0.05) is 41.0 Å². The second-order valence-corrected chi connectivity index (χ2v) is 8.32. The van der Waals surface area contributed by atoms with E-state index in [1.54, 1.807) is 23.8 Å². The van der Waals surface area contributed by atoms with Gasteiger partial charge in [-0.3, -0.25) is 4.79 Å². The van der Waals surface area contributed by atoms with Crippen LogP contribution in [0, 0.1) is 12.7 Å². The number of aliphatic hydroxyl groups excluding tert-OH is 2. The lowest BCUT2D eigenvalue weighted by molar-refractivity contribution is -0.157. The number of esters is 1. The zero-order chi connectivity index (χ0) is 28.6. The van der Waals surface area contributed by atoms with Crippen molar-refractivity contribution in [3.8, 4) is 11.4 Å². The number of carbonyl (C=O) groups excluding carboxylic acids is 1. The van der Waals surface area contributed by atoms with Crippen LogP contribution in [0.4, 0.5) is 4.39 Å². The Kier molecular flexibility index (Phi) is 11.6. The first-order valence-electron chi connectivity index (χ1n) is 13.2.